The molecule has 1 aliphatic heterocycles. The number of hydrogen-bond donors (Lipinski definition) is 0. The topological polar surface area (TPSA) is 73.9 Å². The standard InChI is InChI=1S/C50H32N4O2/c1-5-15-31(16-6-1)41-28-43(53-49(51-41)33-19-9-3-10-20-33)37-25-13-23-35-39-27-40-36-24-14-26-38(48(36)56-46(40)30-45(39)55-47(35)37)44-29-42(32-17-7-2-8-18-32)52-50(54-44)34-21-11-4-12-22-34/h1-30,35,47H. The Kier molecular flexibility index (Phi) is 7.52. The second-order valence-corrected chi connectivity index (χ2v) is 14.1. The van der Waals surface area contributed by atoms with E-state index < -0.39 is 0 Å². The van der Waals surface area contributed by atoms with Gasteiger partial charge in [-0.25, -0.2) is 19.9 Å². The summed E-state index contributed by atoms with van der Waals surface area (Å²) in [5.74, 6) is 2.16. The Hall–Kier alpha value is -7.44. The molecule has 6 heteroatoms. The van der Waals surface area contributed by atoms with Crippen molar-refractivity contribution in [3.05, 3.63) is 193 Å². The summed E-state index contributed by atoms with van der Waals surface area (Å²) in [6.07, 6.45) is 6.23. The van der Waals surface area contributed by atoms with Gasteiger partial charge in [-0.05, 0) is 24.3 Å². The average molecular weight is 721 g/mol. The number of benzene rings is 6. The molecule has 0 spiro atoms. The first-order chi connectivity index (χ1) is 27.7. The van der Waals surface area contributed by atoms with Gasteiger partial charge >= 0.3 is 0 Å². The van der Waals surface area contributed by atoms with Crippen LogP contribution >= 0.6 is 0 Å². The molecule has 0 radical (unpaired) electrons. The van der Waals surface area contributed by atoms with Gasteiger partial charge in [0.25, 0.3) is 0 Å². The Morgan fingerprint density at radius 3 is 1.64 bits per heavy atom. The molecule has 2 unspecified atom stereocenters. The molecule has 2 atom stereocenters. The number of fused-ring (bicyclic) bond motifs is 6. The maximum Gasteiger partial charge on any atom is 0.160 e. The van der Waals surface area contributed by atoms with Crippen LogP contribution in [0.5, 0.6) is 5.75 Å². The summed E-state index contributed by atoms with van der Waals surface area (Å²) in [5.41, 5.74) is 11.9. The fourth-order valence-electron chi connectivity index (χ4n) is 7.97. The second kappa shape index (κ2) is 13.1. The molecule has 264 valence electrons. The molecule has 6 nitrogen and oxygen atoms in total. The Balaban J connectivity index is 0.997. The summed E-state index contributed by atoms with van der Waals surface area (Å²) in [6.45, 7) is 0. The van der Waals surface area contributed by atoms with Crippen LogP contribution in [0.1, 0.15) is 17.2 Å². The van der Waals surface area contributed by atoms with Crippen LogP contribution in [0.2, 0.25) is 0 Å². The molecule has 0 fully saturated rings. The van der Waals surface area contributed by atoms with Crippen LogP contribution in [0.25, 0.3) is 84.1 Å². The molecule has 1 aliphatic carbocycles. The first-order valence-electron chi connectivity index (χ1n) is 18.8. The minimum atomic E-state index is -0.251. The third kappa shape index (κ3) is 5.50. The van der Waals surface area contributed by atoms with Crippen LogP contribution in [-0.4, -0.2) is 26.0 Å². The summed E-state index contributed by atoms with van der Waals surface area (Å²) in [6, 6.07) is 55.4. The SMILES string of the molecule is C1=CC2c3cc4c(cc3OC2C(c2cc(-c3ccccc3)nc(-c3ccccc3)n2)=C1)oc1c(-c2cc(-c3ccccc3)nc(-c3ccccc3)n2)cccc14. The number of para-hydroxylation sites is 1. The second-order valence-electron chi connectivity index (χ2n) is 14.1. The summed E-state index contributed by atoms with van der Waals surface area (Å²) in [5, 5.41) is 2.06. The zero-order valence-corrected chi connectivity index (χ0v) is 30.1. The van der Waals surface area contributed by atoms with Crippen molar-refractivity contribution in [2.24, 2.45) is 0 Å². The lowest BCUT2D eigenvalue weighted by atomic mass is 9.85. The Morgan fingerprint density at radius 2 is 1.02 bits per heavy atom. The van der Waals surface area contributed by atoms with Gasteiger partial charge in [0.05, 0.1) is 22.8 Å². The monoisotopic (exact) mass is 720 g/mol. The molecule has 0 amide bonds. The summed E-state index contributed by atoms with van der Waals surface area (Å²) < 4.78 is 13.6. The minimum absolute atomic E-state index is 0.00146. The highest BCUT2D eigenvalue weighted by atomic mass is 16.5. The van der Waals surface area contributed by atoms with Gasteiger partial charge in [-0.15, -0.1) is 0 Å². The maximum atomic E-state index is 6.86. The molecule has 11 rings (SSSR count). The number of nitrogens with zero attached hydrogens (tertiary/aromatic N) is 4. The first-order valence-corrected chi connectivity index (χ1v) is 18.8. The average Bonchev–Trinajstić information content (AvgIpc) is 3.84. The van der Waals surface area contributed by atoms with Crippen LogP contribution < -0.4 is 4.74 Å². The van der Waals surface area contributed by atoms with Gasteiger partial charge in [0.15, 0.2) is 11.6 Å². The highest BCUT2D eigenvalue weighted by molar-refractivity contribution is 6.10. The van der Waals surface area contributed by atoms with E-state index in [4.69, 9.17) is 29.1 Å². The van der Waals surface area contributed by atoms with Crippen LogP contribution in [0.15, 0.2) is 186 Å². The van der Waals surface area contributed by atoms with E-state index in [0.717, 1.165) is 89.4 Å². The third-order valence-electron chi connectivity index (χ3n) is 10.7. The van der Waals surface area contributed by atoms with Crippen molar-refractivity contribution in [3.8, 4) is 62.3 Å². The van der Waals surface area contributed by atoms with E-state index in [1.807, 2.05) is 103 Å². The quantitative estimate of drug-likeness (QED) is 0.170. The number of rotatable bonds is 6. The molecule has 3 aromatic heterocycles. The Morgan fingerprint density at radius 1 is 0.464 bits per heavy atom. The minimum Gasteiger partial charge on any atom is -0.484 e. The van der Waals surface area contributed by atoms with Crippen molar-refractivity contribution in [2.45, 2.75) is 12.0 Å². The smallest absolute Gasteiger partial charge is 0.160 e. The van der Waals surface area contributed by atoms with Gasteiger partial charge in [-0.2, -0.15) is 0 Å². The fourth-order valence-corrected chi connectivity index (χ4v) is 7.97. The molecule has 56 heavy (non-hydrogen) atoms. The van der Waals surface area contributed by atoms with Crippen LogP contribution in [0, 0.1) is 0 Å². The van der Waals surface area contributed by atoms with Crippen molar-refractivity contribution >= 4 is 27.5 Å². The lowest BCUT2D eigenvalue weighted by molar-refractivity contribution is 0.278. The molecular weight excluding hydrogens is 689 g/mol. The van der Waals surface area contributed by atoms with E-state index in [1.54, 1.807) is 0 Å². The van der Waals surface area contributed by atoms with Gasteiger partial charge in [-0.3, -0.25) is 0 Å². The fraction of sp³-hybridized carbons (Fsp3) is 0.0400. The Labute approximate surface area is 323 Å². The normalized spacial score (nSPS) is 15.7. The van der Waals surface area contributed by atoms with Crippen LogP contribution in [-0.2, 0) is 0 Å². The van der Waals surface area contributed by atoms with Crippen molar-refractivity contribution < 1.29 is 9.15 Å². The van der Waals surface area contributed by atoms with Crippen molar-refractivity contribution in [3.63, 3.8) is 0 Å². The molecule has 2 aliphatic rings. The lowest BCUT2D eigenvalue weighted by Gasteiger charge is -2.23. The molecule has 0 saturated carbocycles. The predicted molar refractivity (Wildman–Crippen MR) is 223 cm³/mol. The Bertz CT molecular complexity index is 2880. The van der Waals surface area contributed by atoms with Crippen molar-refractivity contribution in [1.82, 2.24) is 19.9 Å². The maximum absolute atomic E-state index is 6.86. The molecule has 4 heterocycles. The van der Waals surface area contributed by atoms with E-state index in [-0.39, 0.29) is 12.0 Å². The number of hydrogen-bond acceptors (Lipinski definition) is 6. The van der Waals surface area contributed by atoms with E-state index in [1.165, 1.54) is 0 Å². The molecule has 0 saturated heterocycles. The van der Waals surface area contributed by atoms with Gasteiger partial charge in [0, 0.05) is 61.7 Å². The van der Waals surface area contributed by atoms with Gasteiger partial charge in [0.1, 0.15) is 23.0 Å². The number of aromatic nitrogens is 4. The van der Waals surface area contributed by atoms with Crippen molar-refractivity contribution in [1.29, 1.82) is 0 Å². The molecular formula is C50H32N4O2. The largest absolute Gasteiger partial charge is 0.484 e. The van der Waals surface area contributed by atoms with Crippen LogP contribution in [0.3, 0.4) is 0 Å². The third-order valence-corrected chi connectivity index (χ3v) is 10.7. The zero-order chi connectivity index (χ0) is 37.0. The van der Waals surface area contributed by atoms with Gasteiger partial charge in [0.2, 0.25) is 0 Å². The highest BCUT2D eigenvalue weighted by Crippen LogP contribution is 2.49. The van der Waals surface area contributed by atoms with E-state index in [0.29, 0.717) is 11.6 Å². The van der Waals surface area contributed by atoms with Gasteiger partial charge < -0.3 is 9.15 Å². The molecule has 9 aromatic rings. The highest BCUT2D eigenvalue weighted by Gasteiger charge is 2.38. The van der Waals surface area contributed by atoms with E-state index in [2.05, 4.69) is 78.9 Å². The van der Waals surface area contributed by atoms with E-state index >= 15 is 0 Å². The first kappa shape index (κ1) is 32.0. The van der Waals surface area contributed by atoms with E-state index in [9.17, 15) is 0 Å². The summed E-state index contributed by atoms with van der Waals surface area (Å²) >= 11 is 0. The van der Waals surface area contributed by atoms with Gasteiger partial charge in [-0.1, -0.05) is 152 Å². The number of allylic oxidation sites excluding steroid dienone is 2. The summed E-state index contributed by atoms with van der Waals surface area (Å²) in [7, 11) is 0. The summed E-state index contributed by atoms with van der Waals surface area (Å²) in [4.78, 5) is 20.2. The van der Waals surface area contributed by atoms with Crippen LogP contribution in [0.4, 0.5) is 0 Å². The van der Waals surface area contributed by atoms with Crippen molar-refractivity contribution in [2.75, 3.05) is 0 Å². The predicted octanol–water partition coefficient (Wildman–Crippen LogP) is 12.0. The molecule has 6 aromatic carbocycles. The number of ether oxygens (including phenoxy) is 1. The molecule has 0 N–H and O–H groups in total. The molecule has 0 bridgehead atoms. The zero-order valence-electron chi connectivity index (χ0n) is 30.1. The lowest BCUT2D eigenvalue weighted by Crippen LogP contribution is -2.22. The number of furan rings is 1.